The minimum atomic E-state index is -0.0365. The van der Waals surface area contributed by atoms with Gasteiger partial charge in [0.25, 0.3) is 0 Å². The van der Waals surface area contributed by atoms with Gasteiger partial charge < -0.3 is 14.6 Å². The minimum Gasteiger partial charge on any atom is -0.367 e. The van der Waals surface area contributed by atoms with Gasteiger partial charge in [0.05, 0.1) is 12.5 Å². The second kappa shape index (κ2) is 5.34. The van der Waals surface area contributed by atoms with Crippen LogP contribution in [0.15, 0.2) is 4.52 Å². The molecule has 0 aromatic carbocycles. The molecule has 2 unspecified atom stereocenters. The molecule has 2 atom stereocenters. The second-order valence-corrected chi connectivity index (χ2v) is 4.93. The highest BCUT2D eigenvalue weighted by Gasteiger charge is 2.28. The number of nitrogens with zero attached hydrogens (tertiary/aromatic N) is 3. The summed E-state index contributed by atoms with van der Waals surface area (Å²) in [6.07, 6.45) is 1.04. The van der Waals surface area contributed by atoms with Gasteiger partial charge in [-0.2, -0.15) is 4.98 Å². The monoisotopic (exact) mass is 252 g/mol. The van der Waals surface area contributed by atoms with Crippen molar-refractivity contribution in [3.63, 3.8) is 0 Å². The van der Waals surface area contributed by atoms with E-state index in [4.69, 9.17) is 9.26 Å². The first-order chi connectivity index (χ1) is 8.86. The minimum absolute atomic E-state index is 0.0365. The lowest BCUT2D eigenvalue weighted by atomic mass is 10.1. The highest BCUT2D eigenvalue weighted by molar-refractivity contribution is 5.01. The SMILES string of the molecule is CCN1CCOC(c2noc(C3CCNC3)n2)C1. The maximum atomic E-state index is 5.73. The van der Waals surface area contributed by atoms with Crippen LogP contribution in [0.4, 0.5) is 0 Å². The zero-order chi connectivity index (χ0) is 12.4. The van der Waals surface area contributed by atoms with Crippen molar-refractivity contribution in [3.05, 3.63) is 11.7 Å². The van der Waals surface area contributed by atoms with E-state index in [9.17, 15) is 0 Å². The number of rotatable bonds is 3. The average molecular weight is 252 g/mol. The molecule has 0 saturated carbocycles. The Morgan fingerprint density at radius 3 is 3.22 bits per heavy atom. The zero-order valence-electron chi connectivity index (χ0n) is 10.8. The third kappa shape index (κ3) is 2.41. The second-order valence-electron chi connectivity index (χ2n) is 4.93. The number of hydrogen-bond donors (Lipinski definition) is 1. The Morgan fingerprint density at radius 2 is 2.44 bits per heavy atom. The Kier molecular flexibility index (Phi) is 3.58. The summed E-state index contributed by atoms with van der Waals surface area (Å²) in [6, 6.07) is 0. The van der Waals surface area contributed by atoms with Gasteiger partial charge in [0.1, 0.15) is 6.10 Å². The molecule has 0 bridgehead atoms. The Morgan fingerprint density at radius 1 is 1.50 bits per heavy atom. The molecule has 2 aliphatic heterocycles. The first kappa shape index (κ1) is 12.1. The molecule has 0 radical (unpaired) electrons. The van der Waals surface area contributed by atoms with E-state index in [0.29, 0.717) is 11.7 Å². The molecule has 1 aromatic rings. The van der Waals surface area contributed by atoms with Crippen LogP contribution in [0.25, 0.3) is 0 Å². The summed E-state index contributed by atoms with van der Waals surface area (Å²) in [5, 5.41) is 7.40. The first-order valence-corrected chi connectivity index (χ1v) is 6.75. The Bertz CT molecular complexity index is 389. The van der Waals surface area contributed by atoms with Gasteiger partial charge in [-0.25, -0.2) is 0 Å². The molecule has 0 spiro atoms. The van der Waals surface area contributed by atoms with Gasteiger partial charge in [0.2, 0.25) is 11.7 Å². The molecule has 3 rings (SSSR count). The van der Waals surface area contributed by atoms with Crippen LogP contribution in [0.1, 0.15) is 37.1 Å². The van der Waals surface area contributed by atoms with Crippen molar-refractivity contribution in [2.24, 2.45) is 0 Å². The number of likely N-dealkylation sites (N-methyl/N-ethyl adjacent to an activating group) is 1. The zero-order valence-corrected chi connectivity index (χ0v) is 10.8. The Hall–Kier alpha value is -0.980. The standard InChI is InChI=1S/C12H20N4O2/c1-2-16-5-6-17-10(8-16)11-14-12(18-15-11)9-3-4-13-7-9/h9-10,13H,2-8H2,1H3. The van der Waals surface area contributed by atoms with Crippen molar-refractivity contribution in [2.45, 2.75) is 25.4 Å². The molecular formula is C12H20N4O2. The quantitative estimate of drug-likeness (QED) is 0.847. The van der Waals surface area contributed by atoms with Crippen LogP contribution in [-0.4, -0.2) is 54.4 Å². The molecule has 0 aliphatic carbocycles. The van der Waals surface area contributed by atoms with E-state index in [1.54, 1.807) is 0 Å². The van der Waals surface area contributed by atoms with Crippen molar-refractivity contribution in [2.75, 3.05) is 39.3 Å². The van der Waals surface area contributed by atoms with Crippen molar-refractivity contribution in [1.29, 1.82) is 0 Å². The third-order valence-corrected chi connectivity index (χ3v) is 3.75. The van der Waals surface area contributed by atoms with E-state index in [2.05, 4.69) is 27.3 Å². The lowest BCUT2D eigenvalue weighted by Crippen LogP contribution is -2.38. The van der Waals surface area contributed by atoms with Crippen LogP contribution < -0.4 is 5.32 Å². The van der Waals surface area contributed by atoms with Gasteiger partial charge in [-0.05, 0) is 19.5 Å². The molecule has 2 aliphatic rings. The summed E-state index contributed by atoms with van der Waals surface area (Å²) in [4.78, 5) is 6.86. The molecule has 3 heterocycles. The summed E-state index contributed by atoms with van der Waals surface area (Å²) >= 11 is 0. The third-order valence-electron chi connectivity index (χ3n) is 3.75. The molecule has 1 aromatic heterocycles. The maximum Gasteiger partial charge on any atom is 0.231 e. The molecule has 2 saturated heterocycles. The predicted molar refractivity (Wildman–Crippen MR) is 65.3 cm³/mol. The summed E-state index contributed by atoms with van der Waals surface area (Å²) in [7, 11) is 0. The maximum absolute atomic E-state index is 5.73. The van der Waals surface area contributed by atoms with Crippen LogP contribution in [0.2, 0.25) is 0 Å². The Balaban J connectivity index is 1.68. The van der Waals surface area contributed by atoms with E-state index in [0.717, 1.165) is 51.6 Å². The number of morpholine rings is 1. The van der Waals surface area contributed by atoms with Gasteiger partial charge in [0.15, 0.2) is 0 Å². The number of aromatic nitrogens is 2. The van der Waals surface area contributed by atoms with Crippen LogP contribution in [0.3, 0.4) is 0 Å². The lowest BCUT2D eigenvalue weighted by molar-refractivity contribution is -0.0334. The summed E-state index contributed by atoms with van der Waals surface area (Å²) in [5.74, 6) is 1.83. The van der Waals surface area contributed by atoms with Gasteiger partial charge >= 0.3 is 0 Å². The normalized spacial score (nSPS) is 29.8. The molecule has 2 fully saturated rings. The smallest absolute Gasteiger partial charge is 0.231 e. The fourth-order valence-corrected chi connectivity index (χ4v) is 2.56. The van der Waals surface area contributed by atoms with Crippen molar-refractivity contribution in [1.82, 2.24) is 20.4 Å². The van der Waals surface area contributed by atoms with E-state index in [1.165, 1.54) is 0 Å². The number of ether oxygens (including phenoxy) is 1. The summed E-state index contributed by atoms with van der Waals surface area (Å²) in [5.41, 5.74) is 0. The topological polar surface area (TPSA) is 63.4 Å². The fraction of sp³-hybridized carbons (Fsp3) is 0.833. The van der Waals surface area contributed by atoms with E-state index in [-0.39, 0.29) is 6.10 Å². The fourth-order valence-electron chi connectivity index (χ4n) is 2.56. The van der Waals surface area contributed by atoms with Crippen molar-refractivity contribution in [3.8, 4) is 0 Å². The number of nitrogens with one attached hydrogen (secondary N) is 1. The molecule has 6 heteroatoms. The summed E-state index contributed by atoms with van der Waals surface area (Å²) in [6.45, 7) is 7.77. The van der Waals surface area contributed by atoms with E-state index in [1.807, 2.05) is 0 Å². The van der Waals surface area contributed by atoms with Gasteiger partial charge in [0, 0.05) is 19.6 Å². The first-order valence-electron chi connectivity index (χ1n) is 6.75. The van der Waals surface area contributed by atoms with Gasteiger partial charge in [-0.3, -0.25) is 4.90 Å². The van der Waals surface area contributed by atoms with Crippen LogP contribution in [0.5, 0.6) is 0 Å². The molecule has 100 valence electrons. The largest absolute Gasteiger partial charge is 0.367 e. The lowest BCUT2D eigenvalue weighted by Gasteiger charge is -2.30. The molecule has 1 N–H and O–H groups in total. The molecule has 18 heavy (non-hydrogen) atoms. The molecule has 0 amide bonds. The van der Waals surface area contributed by atoms with Crippen LogP contribution in [-0.2, 0) is 4.74 Å². The summed E-state index contributed by atoms with van der Waals surface area (Å²) < 4.78 is 11.1. The van der Waals surface area contributed by atoms with Crippen LogP contribution >= 0.6 is 0 Å². The predicted octanol–water partition coefficient (Wildman–Crippen LogP) is 0.540. The van der Waals surface area contributed by atoms with Crippen molar-refractivity contribution < 1.29 is 9.26 Å². The molecular weight excluding hydrogens is 232 g/mol. The Labute approximate surface area is 107 Å². The molecule has 6 nitrogen and oxygen atoms in total. The van der Waals surface area contributed by atoms with E-state index >= 15 is 0 Å². The number of hydrogen-bond acceptors (Lipinski definition) is 6. The van der Waals surface area contributed by atoms with Gasteiger partial charge in [-0.15, -0.1) is 0 Å². The van der Waals surface area contributed by atoms with E-state index < -0.39 is 0 Å². The van der Waals surface area contributed by atoms with Crippen molar-refractivity contribution >= 4 is 0 Å². The highest BCUT2D eigenvalue weighted by atomic mass is 16.5. The highest BCUT2D eigenvalue weighted by Crippen LogP contribution is 2.24. The average Bonchev–Trinajstić information content (AvgIpc) is 3.09. The van der Waals surface area contributed by atoms with Crippen LogP contribution in [0, 0.1) is 0 Å². The van der Waals surface area contributed by atoms with Gasteiger partial charge in [-0.1, -0.05) is 12.1 Å².